The van der Waals surface area contributed by atoms with E-state index in [1.807, 2.05) is 13.8 Å². The first-order chi connectivity index (χ1) is 16.1. The number of esters is 2. The maximum atomic E-state index is 12.9. The summed E-state index contributed by atoms with van der Waals surface area (Å²) in [4.78, 5) is 25.7. The van der Waals surface area contributed by atoms with Crippen molar-refractivity contribution in [3.05, 3.63) is 0 Å². The van der Waals surface area contributed by atoms with Crippen LogP contribution in [0.15, 0.2) is 0 Å². The fraction of sp³-hybridized carbons (Fsp3) is 0.935. The molecule has 0 aromatic carbocycles. The zero-order valence-electron chi connectivity index (χ0n) is 29.2. The van der Waals surface area contributed by atoms with E-state index in [2.05, 4.69) is 55.4 Å². The molecule has 0 radical (unpaired) electrons. The third-order valence-electron chi connectivity index (χ3n) is 8.15. The van der Waals surface area contributed by atoms with E-state index in [0.29, 0.717) is 0 Å². The predicted molar refractivity (Wildman–Crippen MR) is 151 cm³/mol. The molecule has 0 N–H and O–H groups in total. The van der Waals surface area contributed by atoms with Gasteiger partial charge in [0.25, 0.3) is 0 Å². The summed E-state index contributed by atoms with van der Waals surface area (Å²) in [6.45, 7) is 21.1. The van der Waals surface area contributed by atoms with Gasteiger partial charge in [-0.25, -0.2) is 0 Å². The standard InChI is InChI=1S/C31H60O4.K.Li.2H/c1-11-13-15-17-19-21-23-30(9,28(3,4)5)34-26(32)25-27(33)35-31(10,29(6,7)8)24-22-20-18-16-14-12-2;;;;/h11-25H2,1-10H3;;;;/q;2*+1;2*-1. The van der Waals surface area contributed by atoms with Crippen molar-refractivity contribution in [3.8, 4) is 0 Å². The SMILES string of the molecule is CCCCCCCCC(C)(OC(=O)CC(=O)OC(C)(CCCCCCCC)C(C)(C)C)C(C)(C)C.[H-].[H-].[K+].[Li+]. The third kappa shape index (κ3) is 17.6. The molecule has 0 heterocycles. The fourth-order valence-electron chi connectivity index (χ4n) is 4.34. The van der Waals surface area contributed by atoms with Gasteiger partial charge in [-0.05, 0) is 39.5 Å². The van der Waals surface area contributed by atoms with Crippen LogP contribution in [0.4, 0.5) is 0 Å². The first-order valence-corrected chi connectivity index (χ1v) is 14.6. The summed E-state index contributed by atoms with van der Waals surface area (Å²) in [6.07, 6.45) is 15.6. The van der Waals surface area contributed by atoms with Crippen LogP contribution in [-0.4, -0.2) is 23.1 Å². The molecule has 0 aliphatic rings. The van der Waals surface area contributed by atoms with Gasteiger partial charge < -0.3 is 12.3 Å². The van der Waals surface area contributed by atoms with Gasteiger partial charge in [0.15, 0.2) is 0 Å². The molecule has 2 atom stereocenters. The Bertz CT molecular complexity index is 571. The Morgan fingerprint density at radius 3 is 1.08 bits per heavy atom. The molecular weight excluding hydrogens is 482 g/mol. The Morgan fingerprint density at radius 1 is 0.541 bits per heavy atom. The van der Waals surface area contributed by atoms with E-state index in [9.17, 15) is 9.59 Å². The molecule has 4 nitrogen and oxygen atoms in total. The van der Waals surface area contributed by atoms with Gasteiger partial charge in [-0.1, -0.05) is 120 Å². The average Bonchev–Trinajstić information content (AvgIpc) is 2.71. The van der Waals surface area contributed by atoms with Crippen molar-refractivity contribution in [3.63, 3.8) is 0 Å². The summed E-state index contributed by atoms with van der Waals surface area (Å²) < 4.78 is 12.0. The molecule has 0 amide bonds. The normalized spacial score (nSPS) is 15.0. The summed E-state index contributed by atoms with van der Waals surface area (Å²) >= 11 is 0. The Morgan fingerprint density at radius 2 is 0.811 bits per heavy atom. The quantitative estimate of drug-likeness (QED) is 0.114. The van der Waals surface area contributed by atoms with Crippen molar-refractivity contribution in [2.24, 2.45) is 10.8 Å². The van der Waals surface area contributed by atoms with Gasteiger partial charge in [0.05, 0.1) is 0 Å². The first-order valence-electron chi connectivity index (χ1n) is 14.6. The van der Waals surface area contributed by atoms with E-state index in [1.54, 1.807) is 0 Å². The van der Waals surface area contributed by atoms with Crippen molar-refractivity contribution in [2.75, 3.05) is 0 Å². The summed E-state index contributed by atoms with van der Waals surface area (Å²) in [5.74, 6) is -0.955. The van der Waals surface area contributed by atoms with Crippen LogP contribution in [0.3, 0.4) is 0 Å². The Hall–Kier alpha value is 1.17. The average molecular weight is 545 g/mol. The number of ether oxygens (including phenoxy) is 2. The molecule has 0 aliphatic carbocycles. The van der Waals surface area contributed by atoms with Crippen molar-refractivity contribution in [1.29, 1.82) is 0 Å². The van der Waals surface area contributed by atoms with E-state index in [1.165, 1.54) is 51.4 Å². The molecule has 2 unspecified atom stereocenters. The van der Waals surface area contributed by atoms with Gasteiger partial charge in [0.1, 0.15) is 17.6 Å². The van der Waals surface area contributed by atoms with Crippen LogP contribution in [0.5, 0.6) is 0 Å². The first kappa shape index (κ1) is 42.6. The molecule has 0 rings (SSSR count). The van der Waals surface area contributed by atoms with E-state index in [-0.39, 0.29) is 90.3 Å². The number of rotatable bonds is 18. The van der Waals surface area contributed by atoms with Crippen LogP contribution in [0.1, 0.15) is 168 Å². The zero-order valence-corrected chi connectivity index (χ0v) is 30.4. The molecule has 212 valence electrons. The van der Waals surface area contributed by atoms with Crippen LogP contribution in [0, 0.1) is 10.8 Å². The zero-order chi connectivity index (χ0) is 27.2. The Kier molecular flexibility index (Phi) is 24.2. The summed E-state index contributed by atoms with van der Waals surface area (Å²) in [5.41, 5.74) is -1.65. The van der Waals surface area contributed by atoms with E-state index in [4.69, 9.17) is 9.47 Å². The van der Waals surface area contributed by atoms with Crippen molar-refractivity contribution in [2.45, 2.75) is 177 Å². The minimum atomic E-state index is -0.610. The third-order valence-corrected chi connectivity index (χ3v) is 8.15. The largest absolute Gasteiger partial charge is 1.00 e. The predicted octanol–water partition coefficient (Wildman–Crippen LogP) is 3.81. The van der Waals surface area contributed by atoms with Gasteiger partial charge >= 0.3 is 82.2 Å². The fourth-order valence-corrected chi connectivity index (χ4v) is 4.34. The summed E-state index contributed by atoms with van der Waals surface area (Å²) in [6, 6.07) is 0. The van der Waals surface area contributed by atoms with Crippen LogP contribution in [-0.2, 0) is 19.1 Å². The molecule has 0 aromatic rings. The Balaban J connectivity index is -0.000000963. The molecule has 0 aliphatic heterocycles. The van der Waals surface area contributed by atoms with Crippen LogP contribution >= 0.6 is 0 Å². The van der Waals surface area contributed by atoms with Gasteiger partial charge in [-0.2, -0.15) is 0 Å². The summed E-state index contributed by atoms with van der Waals surface area (Å²) in [5, 5.41) is 0. The van der Waals surface area contributed by atoms with Gasteiger partial charge in [-0.3, -0.25) is 9.59 Å². The van der Waals surface area contributed by atoms with E-state index in [0.717, 1.165) is 38.5 Å². The molecule has 0 bridgehead atoms. The topological polar surface area (TPSA) is 52.6 Å². The number of carbonyl (C=O) groups excluding carboxylic acids is 2. The van der Waals surface area contributed by atoms with Crippen LogP contribution in [0.25, 0.3) is 0 Å². The smallest absolute Gasteiger partial charge is 1.00 e. The second kappa shape index (κ2) is 21.0. The van der Waals surface area contributed by atoms with Crippen molar-refractivity contribution >= 4 is 11.9 Å². The molecule has 6 heteroatoms. The number of hydrogen-bond acceptors (Lipinski definition) is 4. The maximum absolute atomic E-state index is 12.9. The number of hydrogen-bond donors (Lipinski definition) is 0. The minimum Gasteiger partial charge on any atom is -1.00 e. The second-order valence-corrected chi connectivity index (χ2v) is 13.1. The van der Waals surface area contributed by atoms with Gasteiger partial charge in [0.2, 0.25) is 0 Å². The van der Waals surface area contributed by atoms with Crippen LogP contribution < -0.4 is 70.2 Å². The molecule has 0 saturated heterocycles. The van der Waals surface area contributed by atoms with Crippen LogP contribution in [0.2, 0.25) is 0 Å². The van der Waals surface area contributed by atoms with E-state index >= 15 is 0 Å². The van der Waals surface area contributed by atoms with Gasteiger partial charge in [0, 0.05) is 10.8 Å². The van der Waals surface area contributed by atoms with Crippen molar-refractivity contribution < 1.29 is 92.2 Å². The van der Waals surface area contributed by atoms with Gasteiger partial charge in [-0.15, -0.1) is 0 Å². The van der Waals surface area contributed by atoms with E-state index < -0.39 is 23.1 Å². The molecular formula is C31H62KLiO4. The maximum Gasteiger partial charge on any atom is 1.00 e. The minimum absolute atomic E-state index is 0. The molecule has 0 fully saturated rings. The monoisotopic (exact) mass is 544 g/mol. The molecule has 0 aromatic heterocycles. The number of unbranched alkanes of at least 4 members (excludes halogenated alkanes) is 10. The van der Waals surface area contributed by atoms with Crippen molar-refractivity contribution in [1.82, 2.24) is 0 Å². The Labute approximate surface area is 288 Å². The second-order valence-electron chi connectivity index (χ2n) is 13.1. The summed E-state index contributed by atoms with van der Waals surface area (Å²) in [7, 11) is 0. The molecule has 0 saturated carbocycles. The molecule has 37 heavy (non-hydrogen) atoms. The number of carbonyl (C=O) groups is 2. The molecule has 0 spiro atoms.